The monoisotopic (exact) mass is 426 g/mol. The third-order valence-corrected chi connectivity index (χ3v) is 6.38. The van der Waals surface area contributed by atoms with Crippen LogP contribution in [0.1, 0.15) is 16.8 Å². The second-order valence-electron chi connectivity index (χ2n) is 6.46. The smallest absolute Gasteiger partial charge is 0.259 e. The van der Waals surface area contributed by atoms with Crippen LogP contribution in [0.5, 0.6) is 5.75 Å². The summed E-state index contributed by atoms with van der Waals surface area (Å²) < 4.78 is 43.6. The molecule has 0 saturated carbocycles. The van der Waals surface area contributed by atoms with Gasteiger partial charge in [0.2, 0.25) is 0 Å². The van der Waals surface area contributed by atoms with E-state index in [1.807, 2.05) is 0 Å². The lowest BCUT2D eigenvalue weighted by molar-refractivity contribution is 0.102. The molecule has 1 heterocycles. The molecule has 1 fully saturated rings. The standard InChI is InChI=1S/C19H21FN2O4S.H2S/c1-26-18-7-6-16(27(24,25)12-13-8-9-21-11-13)10-17(18)19(23)22-15-4-2-14(20)3-5-15;/h2-7,10,13,21H,8-9,11-12H2,1H3,(H,22,23);1H2/t13-;/m0./s1. The largest absolute Gasteiger partial charge is 0.496 e. The van der Waals surface area contributed by atoms with E-state index in [0.29, 0.717) is 12.2 Å². The fourth-order valence-corrected chi connectivity index (χ4v) is 4.72. The van der Waals surface area contributed by atoms with Crippen molar-refractivity contribution in [2.45, 2.75) is 11.3 Å². The van der Waals surface area contributed by atoms with Crippen LogP contribution in [0, 0.1) is 11.7 Å². The first-order chi connectivity index (χ1) is 12.9. The van der Waals surface area contributed by atoms with E-state index in [2.05, 4.69) is 10.6 Å². The number of amides is 1. The number of carbonyl (C=O) groups excluding carboxylic acids is 1. The van der Waals surface area contributed by atoms with Crippen LogP contribution < -0.4 is 15.4 Å². The quantitative estimate of drug-likeness (QED) is 0.742. The van der Waals surface area contributed by atoms with Crippen molar-refractivity contribution in [1.82, 2.24) is 5.32 Å². The molecule has 0 unspecified atom stereocenters. The Morgan fingerprint density at radius 1 is 1.25 bits per heavy atom. The second-order valence-corrected chi connectivity index (χ2v) is 8.50. The first-order valence-electron chi connectivity index (χ1n) is 8.57. The maximum Gasteiger partial charge on any atom is 0.259 e. The third-order valence-electron chi connectivity index (χ3n) is 4.49. The van der Waals surface area contributed by atoms with Gasteiger partial charge in [-0.15, -0.1) is 0 Å². The van der Waals surface area contributed by atoms with Gasteiger partial charge in [0.25, 0.3) is 5.91 Å². The molecule has 2 aromatic rings. The molecule has 1 amide bonds. The van der Waals surface area contributed by atoms with Crippen LogP contribution >= 0.6 is 13.5 Å². The summed E-state index contributed by atoms with van der Waals surface area (Å²) in [4.78, 5) is 12.7. The first-order valence-corrected chi connectivity index (χ1v) is 10.2. The normalized spacial score (nSPS) is 16.3. The Hall–Kier alpha value is -2.10. The van der Waals surface area contributed by atoms with Gasteiger partial charge in [0, 0.05) is 5.69 Å². The molecule has 1 aliphatic heterocycles. The molecule has 28 heavy (non-hydrogen) atoms. The molecule has 0 radical (unpaired) electrons. The van der Waals surface area contributed by atoms with E-state index in [4.69, 9.17) is 4.74 Å². The summed E-state index contributed by atoms with van der Waals surface area (Å²) in [5.74, 6) is -0.589. The summed E-state index contributed by atoms with van der Waals surface area (Å²) in [5, 5.41) is 5.77. The lowest BCUT2D eigenvalue weighted by Crippen LogP contribution is -2.20. The zero-order chi connectivity index (χ0) is 19.4. The third kappa shape index (κ3) is 5.24. The summed E-state index contributed by atoms with van der Waals surface area (Å²) in [6, 6.07) is 9.55. The minimum atomic E-state index is -3.53. The Balaban J connectivity index is 0.00000280. The highest BCUT2D eigenvalue weighted by Gasteiger charge is 2.25. The number of halogens is 1. The highest BCUT2D eigenvalue weighted by Crippen LogP contribution is 2.26. The molecule has 1 aliphatic rings. The minimum Gasteiger partial charge on any atom is -0.496 e. The predicted molar refractivity (Wildman–Crippen MR) is 111 cm³/mol. The van der Waals surface area contributed by atoms with Crippen LogP contribution in [0.25, 0.3) is 0 Å². The lowest BCUT2D eigenvalue weighted by atomic mass is 10.1. The summed E-state index contributed by atoms with van der Waals surface area (Å²) in [5.41, 5.74) is 0.501. The molecule has 2 aromatic carbocycles. The van der Waals surface area contributed by atoms with Crippen molar-refractivity contribution in [2.75, 3.05) is 31.3 Å². The number of sulfone groups is 1. The number of anilines is 1. The van der Waals surface area contributed by atoms with Crippen molar-refractivity contribution >= 4 is 34.9 Å². The SMILES string of the molecule is COc1ccc(S(=O)(=O)C[C@H]2CCNC2)cc1C(=O)Nc1ccc(F)cc1.S. The van der Waals surface area contributed by atoms with Gasteiger partial charge >= 0.3 is 0 Å². The number of hydrogen-bond donors (Lipinski definition) is 2. The topological polar surface area (TPSA) is 84.5 Å². The van der Waals surface area contributed by atoms with Crippen LogP contribution in [0.4, 0.5) is 10.1 Å². The lowest BCUT2D eigenvalue weighted by Gasteiger charge is -2.13. The van der Waals surface area contributed by atoms with Crippen molar-refractivity contribution in [3.63, 3.8) is 0 Å². The fraction of sp³-hybridized carbons (Fsp3) is 0.316. The highest BCUT2D eigenvalue weighted by atomic mass is 32.2. The molecule has 0 aromatic heterocycles. The average molecular weight is 427 g/mol. The molecule has 1 atom stereocenters. The van der Waals surface area contributed by atoms with Crippen LogP contribution in [-0.4, -0.2) is 40.3 Å². The van der Waals surface area contributed by atoms with E-state index in [9.17, 15) is 17.6 Å². The molecular weight excluding hydrogens is 403 g/mol. The number of rotatable bonds is 6. The predicted octanol–water partition coefficient (Wildman–Crippen LogP) is 2.58. The van der Waals surface area contributed by atoms with Crippen molar-refractivity contribution in [3.8, 4) is 5.75 Å². The summed E-state index contributed by atoms with van der Waals surface area (Å²) in [6.45, 7) is 1.49. The van der Waals surface area contributed by atoms with Gasteiger partial charge in [-0.2, -0.15) is 13.5 Å². The van der Waals surface area contributed by atoms with Gasteiger partial charge in [-0.25, -0.2) is 12.8 Å². The van der Waals surface area contributed by atoms with E-state index < -0.39 is 21.6 Å². The van der Waals surface area contributed by atoms with Crippen LogP contribution in [0.2, 0.25) is 0 Å². The maximum atomic E-state index is 13.0. The Kier molecular flexibility index (Phi) is 7.45. The van der Waals surface area contributed by atoms with Gasteiger partial charge in [0.1, 0.15) is 11.6 Å². The molecular formula is C19H23FN2O4S2. The Bertz CT molecular complexity index is 927. The second kappa shape index (κ2) is 9.40. The van der Waals surface area contributed by atoms with E-state index in [1.54, 1.807) is 0 Å². The number of methoxy groups -OCH3 is 1. The average Bonchev–Trinajstić information content (AvgIpc) is 3.15. The molecule has 2 N–H and O–H groups in total. The van der Waals surface area contributed by atoms with Crippen molar-refractivity contribution < 1.29 is 22.3 Å². The van der Waals surface area contributed by atoms with Crippen LogP contribution in [0.15, 0.2) is 47.4 Å². The van der Waals surface area contributed by atoms with Gasteiger partial charge in [-0.1, -0.05) is 0 Å². The van der Waals surface area contributed by atoms with E-state index in [0.717, 1.165) is 13.0 Å². The van der Waals surface area contributed by atoms with Gasteiger partial charge in [-0.3, -0.25) is 4.79 Å². The van der Waals surface area contributed by atoms with Gasteiger partial charge in [-0.05, 0) is 67.9 Å². The Morgan fingerprint density at radius 3 is 2.57 bits per heavy atom. The summed E-state index contributed by atoms with van der Waals surface area (Å²) >= 11 is 0. The van der Waals surface area contributed by atoms with Gasteiger partial charge in [0.15, 0.2) is 9.84 Å². The zero-order valence-corrected chi connectivity index (χ0v) is 17.2. The van der Waals surface area contributed by atoms with E-state index in [-0.39, 0.29) is 41.4 Å². The minimum absolute atomic E-state index is 0. The molecule has 6 nitrogen and oxygen atoms in total. The number of carbonyl (C=O) groups is 1. The number of benzene rings is 2. The molecule has 0 bridgehead atoms. The number of hydrogen-bond acceptors (Lipinski definition) is 5. The Labute approximate surface area is 170 Å². The summed E-state index contributed by atoms with van der Waals surface area (Å²) in [7, 11) is -2.12. The van der Waals surface area contributed by atoms with Gasteiger partial charge in [0.05, 0.1) is 23.3 Å². The summed E-state index contributed by atoms with van der Waals surface area (Å²) in [6.07, 6.45) is 0.813. The fourth-order valence-electron chi connectivity index (χ4n) is 3.05. The highest BCUT2D eigenvalue weighted by molar-refractivity contribution is 7.91. The van der Waals surface area contributed by atoms with Crippen LogP contribution in [0.3, 0.4) is 0 Å². The molecule has 9 heteroatoms. The first kappa shape index (κ1) is 22.2. The molecule has 3 rings (SSSR count). The molecule has 0 aliphatic carbocycles. The van der Waals surface area contributed by atoms with Crippen molar-refractivity contribution in [1.29, 1.82) is 0 Å². The number of nitrogens with one attached hydrogen (secondary N) is 2. The van der Waals surface area contributed by atoms with Gasteiger partial charge < -0.3 is 15.4 Å². The van der Waals surface area contributed by atoms with Crippen LogP contribution in [-0.2, 0) is 9.84 Å². The molecule has 0 spiro atoms. The van der Waals surface area contributed by atoms with Crippen molar-refractivity contribution in [2.24, 2.45) is 5.92 Å². The molecule has 1 saturated heterocycles. The van der Waals surface area contributed by atoms with E-state index >= 15 is 0 Å². The molecule has 152 valence electrons. The van der Waals surface area contributed by atoms with E-state index in [1.165, 1.54) is 49.6 Å². The zero-order valence-electron chi connectivity index (χ0n) is 15.4. The maximum absolute atomic E-state index is 13.0. The number of ether oxygens (including phenoxy) is 1. The van der Waals surface area contributed by atoms with Crippen molar-refractivity contribution in [3.05, 3.63) is 53.8 Å². The Morgan fingerprint density at radius 2 is 1.96 bits per heavy atom.